The van der Waals surface area contributed by atoms with E-state index in [1.54, 1.807) is 0 Å². The minimum atomic E-state index is -4.02. The van der Waals surface area contributed by atoms with Gasteiger partial charge in [0.2, 0.25) is 0 Å². The average Bonchev–Trinajstić information content (AvgIpc) is 2.70. The Labute approximate surface area is 184 Å². The summed E-state index contributed by atoms with van der Waals surface area (Å²) in [6.07, 6.45) is 4.39. The summed E-state index contributed by atoms with van der Waals surface area (Å²) in [4.78, 5) is 17.6. The molecule has 0 saturated carbocycles. The van der Waals surface area contributed by atoms with Gasteiger partial charge in [0, 0.05) is 12.1 Å². The Kier molecular flexibility index (Phi) is 9.83. The lowest BCUT2D eigenvalue weighted by Gasteiger charge is -2.25. The fourth-order valence-corrected chi connectivity index (χ4v) is 4.25. The van der Waals surface area contributed by atoms with Gasteiger partial charge in [-0.05, 0) is 60.9 Å². The molecule has 3 N–H and O–H groups in total. The van der Waals surface area contributed by atoms with E-state index in [1.807, 2.05) is 6.07 Å². The van der Waals surface area contributed by atoms with Crippen LogP contribution in [0.15, 0.2) is 42.5 Å². The highest BCUT2D eigenvalue weighted by atomic mass is 31.2. The average molecular weight is 454 g/mol. The molecular weight excluding hydrogens is 419 g/mol. The zero-order valence-electron chi connectivity index (χ0n) is 18.4. The number of hydrogen-bond donors (Lipinski definition) is 3. The van der Waals surface area contributed by atoms with Crippen molar-refractivity contribution < 1.29 is 23.1 Å². The van der Waals surface area contributed by atoms with E-state index in [-0.39, 0.29) is 30.1 Å². The molecule has 4 nitrogen and oxygen atoms in total. The number of halogens is 2. The van der Waals surface area contributed by atoms with Crippen LogP contribution in [0.4, 0.5) is 8.78 Å². The molecule has 0 fully saturated rings. The minimum absolute atomic E-state index is 0.0958. The maximum atomic E-state index is 14.4. The zero-order chi connectivity index (χ0) is 22.9. The molecule has 2 rings (SSSR count). The number of hydrogen-bond acceptors (Lipinski definition) is 2. The van der Waals surface area contributed by atoms with Gasteiger partial charge in [0.15, 0.2) is 0 Å². The van der Waals surface area contributed by atoms with Crippen LogP contribution >= 0.6 is 7.60 Å². The molecule has 0 radical (unpaired) electrons. The largest absolute Gasteiger partial charge is 0.325 e. The minimum Gasteiger partial charge on any atom is -0.324 e. The molecule has 7 heteroatoms. The summed E-state index contributed by atoms with van der Waals surface area (Å²) in [5.74, 6) is -0.859. The van der Waals surface area contributed by atoms with Gasteiger partial charge < -0.3 is 15.1 Å². The van der Waals surface area contributed by atoms with Crippen LogP contribution in [-0.2, 0) is 22.9 Å². The summed E-state index contributed by atoms with van der Waals surface area (Å²) < 4.78 is 39.5. The van der Waals surface area contributed by atoms with E-state index < -0.39 is 19.2 Å². The molecule has 0 aliphatic rings. The molecule has 0 saturated heterocycles. The van der Waals surface area contributed by atoms with E-state index in [0.29, 0.717) is 18.5 Å². The fraction of sp³-hybridized carbons (Fsp3) is 0.500. The third-order valence-corrected chi connectivity index (χ3v) is 6.54. The highest BCUT2D eigenvalue weighted by Gasteiger charge is 2.19. The van der Waals surface area contributed by atoms with Gasteiger partial charge in [-0.15, -0.1) is 0 Å². The summed E-state index contributed by atoms with van der Waals surface area (Å²) >= 11 is 0. The van der Waals surface area contributed by atoms with Gasteiger partial charge in [0.1, 0.15) is 11.6 Å². The Hall–Kier alpha value is -1.59. The molecule has 2 aromatic carbocycles. The summed E-state index contributed by atoms with van der Waals surface area (Å²) in [7, 11) is -4.02. The van der Waals surface area contributed by atoms with Gasteiger partial charge in [0.25, 0.3) is 0 Å². The lowest BCUT2D eigenvalue weighted by Crippen LogP contribution is -2.17. The Morgan fingerprint density at radius 1 is 0.935 bits per heavy atom. The molecule has 0 spiro atoms. The summed E-state index contributed by atoms with van der Waals surface area (Å²) in [5.41, 5.74) is 2.03. The molecule has 0 aliphatic heterocycles. The summed E-state index contributed by atoms with van der Waals surface area (Å²) in [5, 5.41) is 2.90. The van der Waals surface area contributed by atoms with Crippen molar-refractivity contribution >= 4 is 7.60 Å². The quantitative estimate of drug-likeness (QED) is 0.269. The third kappa shape index (κ3) is 9.20. The van der Waals surface area contributed by atoms with E-state index in [0.717, 1.165) is 25.7 Å². The van der Waals surface area contributed by atoms with Gasteiger partial charge in [0.05, 0.1) is 6.16 Å². The highest BCUT2D eigenvalue weighted by Crippen LogP contribution is 2.34. The maximum absolute atomic E-state index is 14.4. The topological polar surface area (TPSA) is 69.6 Å². The van der Waals surface area contributed by atoms with Crippen molar-refractivity contribution in [3.05, 3.63) is 70.8 Å². The van der Waals surface area contributed by atoms with Gasteiger partial charge in [-0.25, -0.2) is 8.78 Å². The van der Waals surface area contributed by atoms with Gasteiger partial charge in [-0.2, -0.15) is 0 Å². The SMILES string of the molecule is CC(C)(CCCCCc1cc(F)c(CNCCCP(=O)(O)O)cc1F)c1ccccc1. The second-order valence-corrected chi connectivity index (χ2v) is 10.5. The molecule has 0 unspecified atom stereocenters. The first kappa shape index (κ1) is 25.7. The molecule has 0 amide bonds. The Morgan fingerprint density at radius 3 is 2.26 bits per heavy atom. The van der Waals surface area contributed by atoms with E-state index >= 15 is 0 Å². The Bertz CT molecular complexity index is 869. The van der Waals surface area contributed by atoms with Gasteiger partial charge in [-0.1, -0.05) is 57.0 Å². The van der Waals surface area contributed by atoms with Crippen molar-refractivity contribution in [2.75, 3.05) is 12.7 Å². The predicted octanol–water partition coefficient (Wildman–Crippen LogP) is 5.70. The van der Waals surface area contributed by atoms with Crippen molar-refractivity contribution in [1.82, 2.24) is 5.32 Å². The van der Waals surface area contributed by atoms with Crippen LogP contribution in [0.5, 0.6) is 0 Å². The molecule has 0 aromatic heterocycles. The Balaban J connectivity index is 1.75. The zero-order valence-corrected chi connectivity index (χ0v) is 19.3. The van der Waals surface area contributed by atoms with E-state index in [4.69, 9.17) is 9.79 Å². The highest BCUT2D eigenvalue weighted by molar-refractivity contribution is 7.51. The smallest absolute Gasteiger partial charge is 0.324 e. The van der Waals surface area contributed by atoms with Crippen molar-refractivity contribution in [3.63, 3.8) is 0 Å². The molecule has 172 valence electrons. The van der Waals surface area contributed by atoms with Crippen molar-refractivity contribution in [2.45, 2.75) is 64.3 Å². The molecule has 0 atom stereocenters. The van der Waals surface area contributed by atoms with Crippen LogP contribution in [0.2, 0.25) is 0 Å². The second-order valence-electron chi connectivity index (χ2n) is 8.76. The van der Waals surface area contributed by atoms with Crippen molar-refractivity contribution in [2.24, 2.45) is 0 Å². The maximum Gasteiger partial charge on any atom is 0.325 e. The number of benzene rings is 2. The third-order valence-electron chi connectivity index (χ3n) is 5.64. The standard InChI is InChI=1S/C24H34F2NO3P/c1-24(2,21-11-6-3-7-12-21)13-8-4-5-10-19-16-23(26)20(17-22(19)25)18-27-14-9-15-31(28,29)30/h3,6-7,11-12,16-17,27H,4-5,8-10,13-15,18H2,1-2H3,(H2,28,29,30). The molecule has 0 aliphatic carbocycles. The number of aryl methyl sites for hydroxylation is 1. The van der Waals surface area contributed by atoms with Crippen LogP contribution in [0.3, 0.4) is 0 Å². The van der Waals surface area contributed by atoms with Crippen LogP contribution in [0, 0.1) is 11.6 Å². The first-order valence-corrected chi connectivity index (χ1v) is 12.7. The predicted molar refractivity (Wildman–Crippen MR) is 121 cm³/mol. The molecule has 31 heavy (non-hydrogen) atoms. The van der Waals surface area contributed by atoms with E-state index in [2.05, 4.69) is 43.4 Å². The van der Waals surface area contributed by atoms with Crippen molar-refractivity contribution in [1.29, 1.82) is 0 Å². The molecule has 2 aromatic rings. The van der Waals surface area contributed by atoms with Gasteiger partial charge in [-0.3, -0.25) is 4.57 Å². The Morgan fingerprint density at radius 2 is 1.58 bits per heavy atom. The van der Waals surface area contributed by atoms with Crippen LogP contribution in [0.1, 0.15) is 62.6 Å². The lowest BCUT2D eigenvalue weighted by atomic mass is 9.80. The van der Waals surface area contributed by atoms with Crippen LogP contribution in [0.25, 0.3) is 0 Å². The number of nitrogens with one attached hydrogen (secondary N) is 1. The molecular formula is C24H34F2NO3P. The summed E-state index contributed by atoms with van der Waals surface area (Å²) in [6, 6.07) is 12.9. The van der Waals surface area contributed by atoms with Crippen LogP contribution in [-0.4, -0.2) is 22.5 Å². The lowest BCUT2D eigenvalue weighted by molar-refractivity contribution is 0.371. The summed E-state index contributed by atoms with van der Waals surface area (Å²) in [6.45, 7) is 4.92. The second kappa shape index (κ2) is 11.9. The van der Waals surface area contributed by atoms with E-state index in [1.165, 1.54) is 17.7 Å². The normalized spacial score (nSPS) is 12.3. The number of rotatable bonds is 13. The monoisotopic (exact) mass is 453 g/mol. The fourth-order valence-electron chi connectivity index (χ4n) is 3.68. The van der Waals surface area contributed by atoms with Gasteiger partial charge >= 0.3 is 7.60 Å². The van der Waals surface area contributed by atoms with Crippen LogP contribution < -0.4 is 5.32 Å². The number of unbranched alkanes of at least 4 members (excludes halogenated alkanes) is 2. The first-order valence-electron chi connectivity index (χ1n) is 10.9. The first-order chi connectivity index (χ1) is 14.6. The molecule has 0 bridgehead atoms. The molecule has 0 heterocycles. The van der Waals surface area contributed by atoms with E-state index in [9.17, 15) is 13.3 Å². The van der Waals surface area contributed by atoms with Crippen molar-refractivity contribution in [3.8, 4) is 0 Å².